The summed E-state index contributed by atoms with van der Waals surface area (Å²) in [6, 6.07) is 6.02. The first kappa shape index (κ1) is 27.3. The molecule has 4 rings (SSSR count). The van der Waals surface area contributed by atoms with Gasteiger partial charge in [0.15, 0.2) is 0 Å². The minimum Gasteiger partial charge on any atom is -0.462 e. The van der Waals surface area contributed by atoms with Crippen molar-refractivity contribution < 1.29 is 27.5 Å². The van der Waals surface area contributed by atoms with E-state index in [0.29, 0.717) is 64.2 Å². The molecule has 0 bridgehead atoms. The third kappa shape index (κ3) is 6.58. The molecule has 1 aromatic heterocycles. The zero-order valence-electron chi connectivity index (χ0n) is 21.4. The minimum absolute atomic E-state index is 0.102. The maximum atomic E-state index is 12.9. The third-order valence-electron chi connectivity index (χ3n) is 6.67. The van der Waals surface area contributed by atoms with Crippen molar-refractivity contribution in [2.24, 2.45) is 0 Å². The lowest BCUT2D eigenvalue weighted by Crippen LogP contribution is -2.28. The average molecular weight is 533 g/mol. The van der Waals surface area contributed by atoms with Crippen LogP contribution in [0, 0.1) is 0 Å². The van der Waals surface area contributed by atoms with E-state index in [1.807, 2.05) is 11.6 Å². The molecule has 202 valence electrons. The largest absolute Gasteiger partial charge is 0.462 e. The molecule has 1 N–H and O–H groups in total. The molecular weight excluding hydrogens is 496 g/mol. The molecule has 1 fully saturated rings. The van der Waals surface area contributed by atoms with Gasteiger partial charge in [-0.25, -0.2) is 13.2 Å². The van der Waals surface area contributed by atoms with E-state index in [1.165, 1.54) is 16.4 Å². The highest BCUT2D eigenvalue weighted by molar-refractivity contribution is 7.89. The summed E-state index contributed by atoms with van der Waals surface area (Å²) in [7, 11) is -3.61. The summed E-state index contributed by atoms with van der Waals surface area (Å²) < 4.78 is 40.0. The Morgan fingerprint density at radius 2 is 1.95 bits per heavy atom. The van der Waals surface area contributed by atoms with E-state index >= 15 is 0 Å². The highest BCUT2D eigenvalue weighted by Gasteiger charge is 2.28. The molecule has 1 saturated heterocycles. The number of nitrogens with one attached hydrogen (secondary N) is 1. The van der Waals surface area contributed by atoms with Crippen molar-refractivity contribution in [1.82, 2.24) is 19.4 Å². The first-order chi connectivity index (χ1) is 17.9. The quantitative estimate of drug-likeness (QED) is 0.410. The van der Waals surface area contributed by atoms with Crippen LogP contribution in [-0.4, -0.2) is 73.8 Å². The second-order valence-electron chi connectivity index (χ2n) is 9.30. The fourth-order valence-corrected chi connectivity index (χ4v) is 6.30. The maximum Gasteiger partial charge on any atom is 0.338 e. The maximum absolute atomic E-state index is 12.9. The van der Waals surface area contributed by atoms with Crippen molar-refractivity contribution in [3.8, 4) is 0 Å². The molecule has 0 unspecified atom stereocenters. The van der Waals surface area contributed by atoms with E-state index in [2.05, 4.69) is 10.4 Å². The van der Waals surface area contributed by atoms with Gasteiger partial charge in [-0.15, -0.1) is 0 Å². The number of rotatable bonds is 8. The first-order valence-corrected chi connectivity index (χ1v) is 14.6. The van der Waals surface area contributed by atoms with Gasteiger partial charge >= 0.3 is 5.97 Å². The van der Waals surface area contributed by atoms with Crippen LogP contribution in [0.4, 0.5) is 0 Å². The summed E-state index contributed by atoms with van der Waals surface area (Å²) >= 11 is 0. The number of aromatic nitrogens is 2. The fourth-order valence-electron chi connectivity index (χ4n) is 4.73. The standard InChI is InChI=1S/C26H36N4O6S/c1-2-22-24-23(11-6-16-35-17-7-12-27-25(24)31)30(28-22)15-8-18-36-26(32)20-9-5-10-21(19-20)37(33,34)29-13-3-4-14-29/h5,9-10,19H,2-4,6-8,11-18H2,1H3,(H,27,31). The van der Waals surface area contributed by atoms with Gasteiger partial charge in [0.05, 0.1) is 34.0 Å². The van der Waals surface area contributed by atoms with Crippen LogP contribution in [0.15, 0.2) is 29.2 Å². The molecule has 10 nitrogen and oxygen atoms in total. The van der Waals surface area contributed by atoms with Gasteiger partial charge in [0.25, 0.3) is 5.91 Å². The van der Waals surface area contributed by atoms with E-state index in [-0.39, 0.29) is 23.0 Å². The molecule has 0 radical (unpaired) electrons. The number of carbonyl (C=O) groups is 2. The number of aryl methyl sites for hydroxylation is 2. The molecule has 2 aliphatic rings. The molecule has 0 spiro atoms. The third-order valence-corrected chi connectivity index (χ3v) is 8.56. The Hall–Kier alpha value is -2.76. The van der Waals surface area contributed by atoms with Gasteiger partial charge < -0.3 is 14.8 Å². The Morgan fingerprint density at radius 3 is 2.73 bits per heavy atom. The second kappa shape index (κ2) is 12.7. The number of hydrogen-bond donors (Lipinski definition) is 1. The molecule has 2 aliphatic heterocycles. The number of carbonyl (C=O) groups excluding carboxylic acids is 2. The number of sulfonamides is 1. The average Bonchev–Trinajstić information content (AvgIpc) is 3.56. The predicted octanol–water partition coefficient (Wildman–Crippen LogP) is 2.56. The lowest BCUT2D eigenvalue weighted by atomic mass is 10.1. The number of fused-ring (bicyclic) bond motifs is 1. The monoisotopic (exact) mass is 532 g/mol. The first-order valence-electron chi connectivity index (χ1n) is 13.1. The van der Waals surface area contributed by atoms with E-state index < -0.39 is 16.0 Å². The molecular formula is C26H36N4O6S. The molecule has 2 aromatic rings. The van der Waals surface area contributed by atoms with Gasteiger partial charge in [0.1, 0.15) is 0 Å². The van der Waals surface area contributed by atoms with Crippen molar-refractivity contribution in [1.29, 1.82) is 0 Å². The Kier molecular flexibility index (Phi) is 9.33. The van der Waals surface area contributed by atoms with Crippen LogP contribution in [0.5, 0.6) is 0 Å². The van der Waals surface area contributed by atoms with Crippen LogP contribution in [0.25, 0.3) is 0 Å². The molecule has 1 aromatic carbocycles. The van der Waals surface area contributed by atoms with E-state index in [1.54, 1.807) is 12.1 Å². The van der Waals surface area contributed by atoms with E-state index in [9.17, 15) is 18.0 Å². The molecule has 11 heteroatoms. The summed E-state index contributed by atoms with van der Waals surface area (Å²) in [5.74, 6) is -0.667. The van der Waals surface area contributed by atoms with Crippen LogP contribution in [-0.2, 0) is 38.9 Å². The van der Waals surface area contributed by atoms with Gasteiger partial charge in [-0.2, -0.15) is 9.40 Å². The topological polar surface area (TPSA) is 120 Å². The highest BCUT2D eigenvalue weighted by Crippen LogP contribution is 2.22. The van der Waals surface area contributed by atoms with E-state index in [4.69, 9.17) is 9.47 Å². The number of esters is 1. The Bertz CT molecular complexity index is 1200. The molecule has 1 amide bonds. The van der Waals surface area contributed by atoms with Crippen LogP contribution in [0.1, 0.15) is 71.1 Å². The van der Waals surface area contributed by atoms with Crippen molar-refractivity contribution in [3.05, 3.63) is 46.8 Å². The number of hydrogen-bond acceptors (Lipinski definition) is 7. The van der Waals surface area contributed by atoms with Crippen molar-refractivity contribution in [2.75, 3.05) is 39.5 Å². The van der Waals surface area contributed by atoms with Crippen molar-refractivity contribution >= 4 is 21.9 Å². The normalized spacial score (nSPS) is 17.6. The molecule has 37 heavy (non-hydrogen) atoms. The van der Waals surface area contributed by atoms with Gasteiger partial charge in [-0.05, 0) is 56.7 Å². The molecule has 0 aliphatic carbocycles. The predicted molar refractivity (Wildman–Crippen MR) is 137 cm³/mol. The second-order valence-corrected chi connectivity index (χ2v) is 11.2. The number of nitrogens with zero attached hydrogens (tertiary/aromatic N) is 3. The van der Waals surface area contributed by atoms with Crippen LogP contribution in [0.2, 0.25) is 0 Å². The van der Waals surface area contributed by atoms with E-state index in [0.717, 1.165) is 37.1 Å². The summed E-state index contributed by atoms with van der Waals surface area (Å²) in [4.78, 5) is 25.6. The van der Waals surface area contributed by atoms with Gasteiger partial charge in [0.2, 0.25) is 10.0 Å². The summed E-state index contributed by atoms with van der Waals surface area (Å²) in [5, 5.41) is 7.65. The van der Waals surface area contributed by atoms with Gasteiger partial charge in [-0.1, -0.05) is 13.0 Å². The SMILES string of the molecule is CCc1nn(CCCOC(=O)c2cccc(S(=O)(=O)N3CCCC3)c2)c2c1C(=O)NCCCOCCC2. The Morgan fingerprint density at radius 1 is 1.16 bits per heavy atom. The Labute approximate surface area is 218 Å². The fraction of sp³-hybridized carbons (Fsp3) is 0.577. The van der Waals surface area contributed by atoms with Crippen LogP contribution >= 0.6 is 0 Å². The van der Waals surface area contributed by atoms with Crippen molar-refractivity contribution in [3.63, 3.8) is 0 Å². The number of ether oxygens (including phenoxy) is 2. The van der Waals surface area contributed by atoms with Crippen LogP contribution in [0.3, 0.4) is 0 Å². The molecule has 0 atom stereocenters. The summed E-state index contributed by atoms with van der Waals surface area (Å²) in [6.07, 6.45) is 5.08. The summed E-state index contributed by atoms with van der Waals surface area (Å²) in [6.45, 7) is 5.44. The van der Waals surface area contributed by atoms with Gasteiger partial charge in [0, 0.05) is 45.8 Å². The minimum atomic E-state index is -3.61. The van der Waals surface area contributed by atoms with Crippen LogP contribution < -0.4 is 5.32 Å². The zero-order chi connectivity index (χ0) is 26.3. The lowest BCUT2D eigenvalue weighted by Gasteiger charge is -2.16. The summed E-state index contributed by atoms with van der Waals surface area (Å²) in [5.41, 5.74) is 2.50. The van der Waals surface area contributed by atoms with Gasteiger partial charge in [-0.3, -0.25) is 9.48 Å². The smallest absolute Gasteiger partial charge is 0.338 e. The Balaban J connectivity index is 1.38. The number of amides is 1. The van der Waals surface area contributed by atoms with Crippen molar-refractivity contribution in [2.45, 2.75) is 63.3 Å². The molecule has 3 heterocycles. The zero-order valence-corrected chi connectivity index (χ0v) is 22.2. The highest BCUT2D eigenvalue weighted by atomic mass is 32.2. The number of benzene rings is 1. The lowest BCUT2D eigenvalue weighted by molar-refractivity contribution is 0.0494. The molecule has 0 saturated carbocycles.